The van der Waals surface area contributed by atoms with E-state index >= 15 is 0 Å². The van der Waals surface area contributed by atoms with E-state index in [4.69, 9.17) is 5.73 Å². The molecule has 10 heteroatoms. The highest BCUT2D eigenvalue weighted by atomic mass is 19.4. The Morgan fingerprint density at radius 3 is 2.13 bits per heavy atom. The summed E-state index contributed by atoms with van der Waals surface area (Å²) in [6.07, 6.45) is -8.62. The number of halogens is 8. The average Bonchev–Trinajstić information content (AvgIpc) is 2.95. The van der Waals surface area contributed by atoms with Crippen LogP contribution < -0.4 is 5.73 Å². The topological polar surface area (TPSA) is 30.9 Å². The number of alkyl halides is 8. The van der Waals surface area contributed by atoms with Gasteiger partial charge in [-0.25, -0.2) is 8.78 Å². The molecule has 3 aromatic rings. The van der Waals surface area contributed by atoms with Gasteiger partial charge < -0.3 is 10.3 Å². The second-order valence-corrected chi connectivity index (χ2v) is 7.08. The highest BCUT2D eigenvalue weighted by Gasteiger charge is 2.40. The van der Waals surface area contributed by atoms with Crippen molar-refractivity contribution in [1.82, 2.24) is 4.57 Å². The molecule has 1 atom stereocenters. The lowest BCUT2D eigenvalue weighted by Crippen LogP contribution is -2.28. The van der Waals surface area contributed by atoms with Crippen LogP contribution in [0.3, 0.4) is 0 Å². The van der Waals surface area contributed by atoms with Crippen molar-refractivity contribution in [3.63, 3.8) is 0 Å². The van der Waals surface area contributed by atoms with Crippen LogP contribution in [0.4, 0.5) is 35.1 Å². The van der Waals surface area contributed by atoms with Crippen LogP contribution in [-0.2, 0) is 12.7 Å². The Morgan fingerprint density at radius 1 is 0.933 bits per heavy atom. The Hall–Kier alpha value is -2.62. The fourth-order valence-electron chi connectivity index (χ4n) is 3.32. The highest BCUT2D eigenvalue weighted by molar-refractivity contribution is 5.89. The van der Waals surface area contributed by atoms with E-state index in [0.29, 0.717) is 6.92 Å². The standard InChI is InChI=1S/C20H16F8N2/c1-18(21,22)10-30-9-14(17(29)20(26,27)28)13-7-6-11(8-16(13)30)12-4-2-3-5-15(12)19(23,24)25/h2-9,17H,10,29H2,1H3/t17-/m0/s1. The van der Waals surface area contributed by atoms with Crippen molar-refractivity contribution in [3.8, 4) is 11.1 Å². The van der Waals surface area contributed by atoms with Crippen LogP contribution in [-0.4, -0.2) is 16.7 Å². The fraction of sp³-hybridized carbons (Fsp3) is 0.300. The molecule has 1 heterocycles. The summed E-state index contributed by atoms with van der Waals surface area (Å²) >= 11 is 0. The molecule has 162 valence electrons. The van der Waals surface area contributed by atoms with Crippen molar-refractivity contribution in [2.75, 3.05) is 0 Å². The van der Waals surface area contributed by atoms with Gasteiger partial charge in [-0.15, -0.1) is 0 Å². The Labute approximate surface area is 165 Å². The van der Waals surface area contributed by atoms with E-state index in [2.05, 4.69) is 0 Å². The molecule has 30 heavy (non-hydrogen) atoms. The molecular weight excluding hydrogens is 420 g/mol. The quantitative estimate of drug-likeness (QED) is 0.463. The van der Waals surface area contributed by atoms with E-state index in [0.717, 1.165) is 22.9 Å². The van der Waals surface area contributed by atoms with Crippen LogP contribution in [0.2, 0.25) is 0 Å². The summed E-state index contributed by atoms with van der Waals surface area (Å²) in [6, 6.07) is 5.76. The Balaban J connectivity index is 2.25. The van der Waals surface area contributed by atoms with E-state index in [1.165, 1.54) is 30.3 Å². The van der Waals surface area contributed by atoms with Crippen molar-refractivity contribution in [1.29, 1.82) is 0 Å². The third-order valence-electron chi connectivity index (χ3n) is 4.59. The van der Waals surface area contributed by atoms with Crippen LogP contribution in [0.5, 0.6) is 0 Å². The number of aromatic nitrogens is 1. The van der Waals surface area contributed by atoms with Crippen LogP contribution in [0.1, 0.15) is 24.1 Å². The fourth-order valence-corrected chi connectivity index (χ4v) is 3.32. The molecule has 0 amide bonds. The summed E-state index contributed by atoms with van der Waals surface area (Å²) in [6.45, 7) is -0.372. The predicted molar refractivity (Wildman–Crippen MR) is 96.0 cm³/mol. The maximum Gasteiger partial charge on any atom is 0.417 e. The second kappa shape index (κ2) is 7.26. The molecule has 0 aliphatic carbocycles. The lowest BCUT2D eigenvalue weighted by Gasteiger charge is -2.15. The highest BCUT2D eigenvalue weighted by Crippen LogP contribution is 2.40. The van der Waals surface area contributed by atoms with E-state index in [1.54, 1.807) is 0 Å². The molecule has 0 fully saturated rings. The van der Waals surface area contributed by atoms with Gasteiger partial charge in [0, 0.05) is 29.6 Å². The number of rotatable bonds is 4. The summed E-state index contributed by atoms with van der Waals surface area (Å²) in [5.74, 6) is -3.27. The maximum absolute atomic E-state index is 13.6. The number of hydrogen-bond donors (Lipinski definition) is 1. The van der Waals surface area contributed by atoms with Gasteiger partial charge in [-0.3, -0.25) is 0 Å². The first-order valence-corrected chi connectivity index (χ1v) is 8.68. The molecule has 2 nitrogen and oxygen atoms in total. The van der Waals surface area contributed by atoms with Crippen LogP contribution >= 0.6 is 0 Å². The number of nitrogens with zero attached hydrogens (tertiary/aromatic N) is 1. The number of nitrogens with two attached hydrogens (primary N) is 1. The first-order chi connectivity index (χ1) is 13.7. The van der Waals surface area contributed by atoms with Gasteiger partial charge in [0.15, 0.2) is 0 Å². The van der Waals surface area contributed by atoms with Gasteiger partial charge in [0.1, 0.15) is 6.04 Å². The van der Waals surface area contributed by atoms with Crippen molar-refractivity contribution in [2.24, 2.45) is 5.73 Å². The lowest BCUT2D eigenvalue weighted by molar-refractivity contribution is -0.148. The van der Waals surface area contributed by atoms with Crippen molar-refractivity contribution < 1.29 is 35.1 Å². The zero-order valence-electron chi connectivity index (χ0n) is 15.5. The third-order valence-corrected chi connectivity index (χ3v) is 4.59. The van der Waals surface area contributed by atoms with Crippen LogP contribution in [0.15, 0.2) is 48.7 Å². The summed E-state index contributed by atoms with van der Waals surface area (Å²) in [4.78, 5) is 0. The largest absolute Gasteiger partial charge is 0.417 e. The van der Waals surface area contributed by atoms with Crippen molar-refractivity contribution >= 4 is 10.9 Å². The molecule has 0 saturated carbocycles. The van der Waals surface area contributed by atoms with E-state index in [9.17, 15) is 35.1 Å². The lowest BCUT2D eigenvalue weighted by atomic mass is 9.97. The third kappa shape index (κ3) is 4.43. The molecular formula is C20H16F8N2. The molecule has 0 aliphatic heterocycles. The zero-order valence-corrected chi connectivity index (χ0v) is 15.5. The monoisotopic (exact) mass is 436 g/mol. The minimum absolute atomic E-state index is 0.0290. The van der Waals surface area contributed by atoms with Crippen LogP contribution in [0, 0.1) is 0 Å². The molecule has 2 aromatic carbocycles. The summed E-state index contributed by atoms with van der Waals surface area (Å²) < 4.78 is 108. The minimum atomic E-state index is -4.82. The summed E-state index contributed by atoms with van der Waals surface area (Å²) in [5.41, 5.74) is 3.63. The minimum Gasteiger partial charge on any atom is -0.341 e. The van der Waals surface area contributed by atoms with Gasteiger partial charge in [-0.1, -0.05) is 30.3 Å². The van der Waals surface area contributed by atoms with E-state index in [1.807, 2.05) is 0 Å². The zero-order chi connectivity index (χ0) is 22.5. The molecule has 0 aliphatic rings. The second-order valence-electron chi connectivity index (χ2n) is 7.08. The molecule has 0 spiro atoms. The molecule has 0 radical (unpaired) electrons. The van der Waals surface area contributed by atoms with Gasteiger partial charge in [-0.05, 0) is 23.3 Å². The smallest absolute Gasteiger partial charge is 0.341 e. The Morgan fingerprint density at radius 2 is 1.57 bits per heavy atom. The van der Waals surface area contributed by atoms with Crippen LogP contribution in [0.25, 0.3) is 22.0 Å². The van der Waals surface area contributed by atoms with Gasteiger partial charge in [0.25, 0.3) is 5.92 Å². The average molecular weight is 436 g/mol. The van der Waals surface area contributed by atoms with Gasteiger partial charge in [0.2, 0.25) is 0 Å². The SMILES string of the molecule is CC(F)(F)Cn1cc([C@H](N)C(F)(F)F)c2ccc(-c3ccccc3C(F)(F)F)cc21. The van der Waals surface area contributed by atoms with Gasteiger partial charge in [0.05, 0.1) is 12.1 Å². The number of benzene rings is 2. The molecule has 0 saturated heterocycles. The Kier molecular flexibility index (Phi) is 5.34. The first kappa shape index (κ1) is 22.1. The van der Waals surface area contributed by atoms with Gasteiger partial charge >= 0.3 is 12.4 Å². The summed E-state index contributed by atoms with van der Waals surface area (Å²) in [5, 5.41) is -0.0580. The first-order valence-electron chi connectivity index (χ1n) is 8.68. The predicted octanol–water partition coefficient (Wildman–Crippen LogP) is 6.54. The molecule has 2 N–H and O–H groups in total. The molecule has 0 unspecified atom stereocenters. The van der Waals surface area contributed by atoms with Crippen molar-refractivity contribution in [3.05, 3.63) is 59.8 Å². The molecule has 3 rings (SSSR count). The van der Waals surface area contributed by atoms with E-state index in [-0.39, 0.29) is 22.0 Å². The maximum atomic E-state index is 13.6. The van der Waals surface area contributed by atoms with Crippen molar-refractivity contribution in [2.45, 2.75) is 37.8 Å². The summed E-state index contributed by atoms with van der Waals surface area (Å²) in [7, 11) is 0. The molecule has 1 aromatic heterocycles. The van der Waals surface area contributed by atoms with Gasteiger partial charge in [-0.2, -0.15) is 26.3 Å². The number of hydrogen-bond acceptors (Lipinski definition) is 1. The Bertz CT molecular complexity index is 1060. The van der Waals surface area contributed by atoms with E-state index < -0.39 is 42.0 Å². The molecule has 0 bridgehead atoms. The number of fused-ring (bicyclic) bond motifs is 1. The normalized spacial score (nSPS) is 14.3.